The van der Waals surface area contributed by atoms with E-state index in [1.807, 2.05) is 48.2 Å². The van der Waals surface area contributed by atoms with Crippen LogP contribution in [0.3, 0.4) is 0 Å². The zero-order chi connectivity index (χ0) is 23.5. The first-order valence-corrected chi connectivity index (χ1v) is 12.1. The molecule has 4 rings (SSSR count). The molecule has 1 unspecified atom stereocenters. The first-order valence-electron chi connectivity index (χ1n) is 11.7. The Morgan fingerprint density at radius 2 is 1.55 bits per heavy atom. The highest BCUT2D eigenvalue weighted by Crippen LogP contribution is 2.30. The normalized spacial score (nSPS) is 19.0. The van der Waals surface area contributed by atoms with Crippen LogP contribution in [0.15, 0.2) is 48.5 Å². The molecular weight excluding hydrogens is 436 g/mol. The monoisotopic (exact) mass is 468 g/mol. The molecule has 3 amide bonds. The maximum absolute atomic E-state index is 13.1. The lowest BCUT2D eigenvalue weighted by Gasteiger charge is -2.35. The predicted molar refractivity (Wildman–Crippen MR) is 134 cm³/mol. The smallest absolute Gasteiger partial charge is 0.324 e. The molecule has 0 radical (unpaired) electrons. The number of piperidine rings is 1. The van der Waals surface area contributed by atoms with E-state index in [0.29, 0.717) is 5.92 Å². The van der Waals surface area contributed by atoms with Gasteiger partial charge < -0.3 is 14.7 Å². The van der Waals surface area contributed by atoms with Gasteiger partial charge in [-0.05, 0) is 67.1 Å². The van der Waals surface area contributed by atoms with Gasteiger partial charge in [0, 0.05) is 63.6 Å². The Morgan fingerprint density at radius 1 is 0.909 bits per heavy atom. The number of urea groups is 1. The van der Waals surface area contributed by atoms with E-state index in [2.05, 4.69) is 29.2 Å². The molecule has 0 bridgehead atoms. The number of nitrogens with zero attached hydrogens (tertiary/aromatic N) is 4. The molecule has 2 aromatic carbocycles. The summed E-state index contributed by atoms with van der Waals surface area (Å²) in [6, 6.07) is 16.5. The number of hydrogen-bond donors (Lipinski definition) is 0. The third-order valence-electron chi connectivity index (χ3n) is 7.20. The molecule has 0 spiro atoms. The number of likely N-dealkylation sites (tertiary alicyclic amines) is 1. The number of halogens is 1. The maximum atomic E-state index is 13.1. The molecule has 2 aliphatic rings. The van der Waals surface area contributed by atoms with Gasteiger partial charge in [0.2, 0.25) is 5.91 Å². The van der Waals surface area contributed by atoms with Crippen molar-refractivity contribution in [1.82, 2.24) is 9.80 Å². The molecule has 1 atom stereocenters. The highest BCUT2D eigenvalue weighted by atomic mass is 35.5. The van der Waals surface area contributed by atoms with Crippen LogP contribution < -0.4 is 9.80 Å². The number of hydrogen-bond acceptors (Lipinski definition) is 3. The minimum atomic E-state index is 0.0432. The van der Waals surface area contributed by atoms with E-state index in [9.17, 15) is 9.59 Å². The lowest BCUT2D eigenvalue weighted by Crippen LogP contribution is -2.45. The largest absolute Gasteiger partial charge is 0.369 e. The number of anilines is 2. The van der Waals surface area contributed by atoms with Crippen molar-refractivity contribution in [2.24, 2.45) is 0 Å². The third kappa shape index (κ3) is 5.27. The minimum absolute atomic E-state index is 0.0432. The Balaban J connectivity index is 1.32. The summed E-state index contributed by atoms with van der Waals surface area (Å²) in [5.41, 5.74) is 3.32. The van der Waals surface area contributed by atoms with Crippen molar-refractivity contribution in [2.75, 3.05) is 50.1 Å². The number of benzene rings is 2. The number of likely N-dealkylation sites (N-methyl/N-ethyl adjacent to an activating group) is 1. The predicted octanol–water partition coefficient (Wildman–Crippen LogP) is 4.83. The lowest BCUT2D eigenvalue weighted by molar-refractivity contribution is -0.129. The zero-order valence-corrected chi connectivity index (χ0v) is 20.5. The zero-order valence-electron chi connectivity index (χ0n) is 19.7. The van der Waals surface area contributed by atoms with Gasteiger partial charge in [0.1, 0.15) is 0 Å². The summed E-state index contributed by atoms with van der Waals surface area (Å²) in [5.74, 6) is 0.580. The van der Waals surface area contributed by atoms with Gasteiger partial charge in [0.15, 0.2) is 0 Å². The van der Waals surface area contributed by atoms with Gasteiger partial charge in [0.05, 0.1) is 6.04 Å². The molecule has 0 aliphatic carbocycles. The van der Waals surface area contributed by atoms with Crippen LogP contribution >= 0.6 is 11.6 Å². The van der Waals surface area contributed by atoms with E-state index in [4.69, 9.17) is 11.6 Å². The average molecular weight is 469 g/mol. The van der Waals surface area contributed by atoms with Crippen LogP contribution in [-0.4, -0.2) is 68.1 Å². The molecule has 2 fully saturated rings. The topological polar surface area (TPSA) is 47.1 Å². The lowest BCUT2D eigenvalue weighted by atomic mass is 9.89. The Morgan fingerprint density at radius 3 is 2.15 bits per heavy atom. The molecule has 0 aromatic heterocycles. The summed E-state index contributed by atoms with van der Waals surface area (Å²) in [6.45, 7) is 4.90. The number of amides is 3. The SMILES string of the molecule is CC(=O)N(C)C1CCN(c2ccc(N(C)C(=O)N3CCC(c4ccc(Cl)cc4)CC3)cc2)C1. The third-order valence-corrected chi connectivity index (χ3v) is 7.46. The molecule has 176 valence electrons. The number of rotatable bonds is 4. The van der Waals surface area contributed by atoms with Crippen LogP contribution in [0.2, 0.25) is 5.02 Å². The fourth-order valence-electron chi connectivity index (χ4n) is 4.90. The fraction of sp³-hybridized carbons (Fsp3) is 0.462. The van der Waals surface area contributed by atoms with Crippen LogP contribution in [0.4, 0.5) is 16.2 Å². The summed E-state index contributed by atoms with van der Waals surface area (Å²) >= 11 is 6.01. The second-order valence-electron chi connectivity index (χ2n) is 9.19. The van der Waals surface area contributed by atoms with E-state index < -0.39 is 0 Å². The second kappa shape index (κ2) is 10.0. The maximum Gasteiger partial charge on any atom is 0.324 e. The molecule has 0 N–H and O–H groups in total. The van der Waals surface area contributed by atoms with Gasteiger partial charge in [-0.2, -0.15) is 0 Å². The molecule has 2 aromatic rings. The highest BCUT2D eigenvalue weighted by molar-refractivity contribution is 6.30. The summed E-state index contributed by atoms with van der Waals surface area (Å²) in [7, 11) is 3.72. The van der Waals surface area contributed by atoms with Crippen molar-refractivity contribution in [3.63, 3.8) is 0 Å². The molecule has 0 saturated carbocycles. The Labute approximate surface area is 201 Å². The van der Waals surface area contributed by atoms with Gasteiger partial charge in [-0.3, -0.25) is 9.69 Å². The van der Waals surface area contributed by atoms with Crippen molar-refractivity contribution in [1.29, 1.82) is 0 Å². The summed E-state index contributed by atoms with van der Waals surface area (Å²) in [5, 5.41) is 0.756. The number of carbonyl (C=O) groups is 2. The van der Waals surface area contributed by atoms with Gasteiger partial charge in [-0.25, -0.2) is 4.79 Å². The van der Waals surface area contributed by atoms with Crippen molar-refractivity contribution in [3.8, 4) is 0 Å². The average Bonchev–Trinajstić information content (AvgIpc) is 3.33. The summed E-state index contributed by atoms with van der Waals surface area (Å²) in [6.07, 6.45) is 2.90. The minimum Gasteiger partial charge on any atom is -0.369 e. The van der Waals surface area contributed by atoms with E-state index in [0.717, 1.165) is 61.8 Å². The van der Waals surface area contributed by atoms with E-state index in [1.54, 1.807) is 11.8 Å². The van der Waals surface area contributed by atoms with Gasteiger partial charge >= 0.3 is 6.03 Å². The Hall–Kier alpha value is -2.73. The quantitative estimate of drug-likeness (QED) is 0.645. The Kier molecular flexibility index (Phi) is 7.13. The molecule has 2 heterocycles. The molecular formula is C26H33ClN4O2. The first-order chi connectivity index (χ1) is 15.8. The summed E-state index contributed by atoms with van der Waals surface area (Å²) < 4.78 is 0. The standard InChI is InChI=1S/C26H33ClN4O2/c1-19(32)28(2)25-14-17-31(18-25)24-10-8-23(9-11-24)29(3)26(33)30-15-12-21(13-16-30)20-4-6-22(27)7-5-20/h4-11,21,25H,12-18H2,1-3H3. The summed E-state index contributed by atoms with van der Waals surface area (Å²) in [4.78, 5) is 32.6. The first kappa shape index (κ1) is 23.4. The van der Waals surface area contributed by atoms with Crippen molar-refractivity contribution < 1.29 is 9.59 Å². The van der Waals surface area contributed by atoms with Gasteiger partial charge in [-0.15, -0.1) is 0 Å². The van der Waals surface area contributed by atoms with E-state index >= 15 is 0 Å². The molecule has 6 nitrogen and oxygen atoms in total. The van der Waals surface area contributed by atoms with Crippen LogP contribution in [0.1, 0.15) is 37.7 Å². The molecule has 2 saturated heterocycles. The van der Waals surface area contributed by atoms with E-state index in [-0.39, 0.29) is 18.0 Å². The van der Waals surface area contributed by atoms with Crippen LogP contribution in [0.5, 0.6) is 0 Å². The molecule has 33 heavy (non-hydrogen) atoms. The molecule has 7 heteroatoms. The molecule has 2 aliphatic heterocycles. The second-order valence-corrected chi connectivity index (χ2v) is 9.63. The van der Waals surface area contributed by atoms with Gasteiger partial charge in [-0.1, -0.05) is 23.7 Å². The van der Waals surface area contributed by atoms with Crippen molar-refractivity contribution >= 4 is 34.9 Å². The number of carbonyl (C=O) groups excluding carboxylic acids is 2. The highest BCUT2D eigenvalue weighted by Gasteiger charge is 2.28. The van der Waals surface area contributed by atoms with Crippen LogP contribution in [-0.2, 0) is 4.79 Å². The fourth-order valence-corrected chi connectivity index (χ4v) is 5.02. The van der Waals surface area contributed by atoms with Crippen LogP contribution in [0.25, 0.3) is 0 Å². The van der Waals surface area contributed by atoms with Gasteiger partial charge in [0.25, 0.3) is 0 Å². The van der Waals surface area contributed by atoms with Crippen molar-refractivity contribution in [2.45, 2.75) is 38.1 Å². The van der Waals surface area contributed by atoms with Crippen LogP contribution in [0, 0.1) is 0 Å². The van der Waals surface area contributed by atoms with Crippen molar-refractivity contribution in [3.05, 3.63) is 59.1 Å². The Bertz CT molecular complexity index is 971. The van der Waals surface area contributed by atoms with E-state index in [1.165, 1.54) is 5.56 Å².